The maximum Gasteiger partial charge on any atom is 0.407 e. The summed E-state index contributed by atoms with van der Waals surface area (Å²) in [4.78, 5) is 23.5. The van der Waals surface area contributed by atoms with Crippen LogP contribution in [0, 0.1) is 0 Å². The average Bonchev–Trinajstić information content (AvgIpc) is 2.77. The zero-order valence-electron chi connectivity index (χ0n) is 12.0. The van der Waals surface area contributed by atoms with Gasteiger partial charge in [0, 0.05) is 13.1 Å². The summed E-state index contributed by atoms with van der Waals surface area (Å²) in [5.41, 5.74) is 0. The van der Waals surface area contributed by atoms with E-state index < -0.39 is 6.09 Å². The molecule has 2 aliphatic rings. The summed E-state index contributed by atoms with van der Waals surface area (Å²) in [6.45, 7) is 1.19. The first kappa shape index (κ1) is 13.7. The van der Waals surface area contributed by atoms with Gasteiger partial charge in [-0.25, -0.2) is 4.79 Å². The molecule has 1 aromatic heterocycles. The van der Waals surface area contributed by atoms with Crippen molar-refractivity contribution in [2.24, 2.45) is 0 Å². The number of methoxy groups -OCH3 is 2. The highest BCUT2D eigenvalue weighted by Gasteiger charge is 2.43. The normalized spacial score (nSPS) is 24.1. The lowest BCUT2D eigenvalue weighted by Gasteiger charge is -2.39. The summed E-state index contributed by atoms with van der Waals surface area (Å²) in [6.07, 6.45) is 0.926. The number of amides is 1. The highest BCUT2D eigenvalue weighted by Crippen LogP contribution is 2.32. The van der Waals surface area contributed by atoms with Gasteiger partial charge >= 0.3 is 6.09 Å². The van der Waals surface area contributed by atoms with E-state index in [1.54, 1.807) is 11.0 Å². The number of carboxylic acid groups (broad SMARTS) is 1. The molecule has 1 amide bonds. The Morgan fingerprint density at radius 2 is 1.71 bits per heavy atom. The second kappa shape index (κ2) is 5.27. The van der Waals surface area contributed by atoms with Crippen LogP contribution in [-0.4, -0.2) is 65.5 Å². The van der Waals surface area contributed by atoms with Gasteiger partial charge in [-0.3, -0.25) is 4.90 Å². The van der Waals surface area contributed by atoms with Gasteiger partial charge in [0.15, 0.2) is 0 Å². The van der Waals surface area contributed by atoms with Crippen molar-refractivity contribution in [3.8, 4) is 11.8 Å². The molecular formula is C13H18N4O4. The van der Waals surface area contributed by atoms with Crippen LogP contribution in [0.1, 0.15) is 12.8 Å². The van der Waals surface area contributed by atoms with Crippen molar-refractivity contribution in [3.63, 3.8) is 0 Å². The van der Waals surface area contributed by atoms with Crippen LogP contribution in [-0.2, 0) is 0 Å². The number of fused-ring (bicyclic) bond motifs is 2. The molecule has 3 heterocycles. The van der Waals surface area contributed by atoms with E-state index in [9.17, 15) is 9.90 Å². The number of hydrogen-bond donors (Lipinski definition) is 1. The molecule has 2 atom stereocenters. The molecule has 0 spiro atoms. The van der Waals surface area contributed by atoms with Crippen LogP contribution in [0.5, 0.6) is 11.8 Å². The molecule has 0 aliphatic carbocycles. The quantitative estimate of drug-likeness (QED) is 0.883. The average molecular weight is 294 g/mol. The lowest BCUT2D eigenvalue weighted by molar-refractivity contribution is 0.114. The van der Waals surface area contributed by atoms with Crippen LogP contribution >= 0.6 is 0 Å². The molecule has 0 saturated carbocycles. The van der Waals surface area contributed by atoms with E-state index in [4.69, 9.17) is 9.47 Å². The molecule has 8 heteroatoms. The number of ether oxygens (including phenoxy) is 2. The van der Waals surface area contributed by atoms with Gasteiger partial charge in [0.1, 0.15) is 0 Å². The number of hydrogen-bond acceptors (Lipinski definition) is 6. The van der Waals surface area contributed by atoms with Crippen molar-refractivity contribution >= 4 is 12.0 Å². The molecule has 2 bridgehead atoms. The first-order valence-electron chi connectivity index (χ1n) is 6.85. The third-order valence-electron chi connectivity index (χ3n) is 4.07. The van der Waals surface area contributed by atoms with Gasteiger partial charge in [-0.05, 0) is 12.8 Å². The summed E-state index contributed by atoms with van der Waals surface area (Å²) < 4.78 is 10.3. The number of carbonyl (C=O) groups is 1. The maximum absolute atomic E-state index is 11.3. The van der Waals surface area contributed by atoms with E-state index in [0.717, 1.165) is 12.8 Å². The third-order valence-corrected chi connectivity index (χ3v) is 4.07. The smallest absolute Gasteiger partial charge is 0.407 e. The molecule has 0 radical (unpaired) electrons. The van der Waals surface area contributed by atoms with Crippen molar-refractivity contribution in [1.29, 1.82) is 0 Å². The molecular weight excluding hydrogens is 276 g/mol. The summed E-state index contributed by atoms with van der Waals surface area (Å²) >= 11 is 0. The molecule has 3 rings (SSSR count). The maximum atomic E-state index is 11.3. The van der Waals surface area contributed by atoms with Crippen molar-refractivity contribution in [1.82, 2.24) is 14.9 Å². The van der Waals surface area contributed by atoms with Crippen molar-refractivity contribution < 1.29 is 19.4 Å². The van der Waals surface area contributed by atoms with Crippen LogP contribution in [0.4, 0.5) is 10.7 Å². The summed E-state index contributed by atoms with van der Waals surface area (Å²) in [5.74, 6) is 1.39. The van der Waals surface area contributed by atoms with Crippen LogP contribution in [0.2, 0.25) is 0 Å². The monoisotopic (exact) mass is 294 g/mol. The van der Waals surface area contributed by atoms with Gasteiger partial charge < -0.3 is 19.5 Å². The molecule has 114 valence electrons. The van der Waals surface area contributed by atoms with Crippen LogP contribution in [0.15, 0.2) is 6.07 Å². The minimum absolute atomic E-state index is 0.00189. The van der Waals surface area contributed by atoms with Gasteiger partial charge in [0.2, 0.25) is 17.7 Å². The Kier molecular flexibility index (Phi) is 3.44. The molecule has 2 aliphatic heterocycles. The molecule has 2 unspecified atom stereocenters. The Balaban J connectivity index is 1.85. The Bertz CT molecular complexity index is 517. The molecule has 0 aromatic carbocycles. The van der Waals surface area contributed by atoms with E-state index in [2.05, 4.69) is 9.97 Å². The number of aromatic nitrogens is 2. The first-order valence-corrected chi connectivity index (χ1v) is 6.85. The molecule has 1 aromatic rings. The summed E-state index contributed by atoms with van der Waals surface area (Å²) in [7, 11) is 3.08. The number of rotatable bonds is 3. The highest BCUT2D eigenvalue weighted by atomic mass is 16.5. The minimum atomic E-state index is -0.841. The number of piperazine rings is 1. The Hall–Kier alpha value is -2.25. The van der Waals surface area contributed by atoms with Crippen LogP contribution < -0.4 is 14.4 Å². The van der Waals surface area contributed by atoms with Gasteiger partial charge in [-0.2, -0.15) is 9.97 Å². The summed E-state index contributed by atoms with van der Waals surface area (Å²) in [6, 6.07) is 1.62. The minimum Gasteiger partial charge on any atom is -0.481 e. The van der Waals surface area contributed by atoms with Crippen molar-refractivity contribution in [3.05, 3.63) is 6.07 Å². The standard InChI is InChI=1S/C13H18N4O4/c1-20-10-5-11(21-2)15-12(14-10)16-6-8-3-4-9(7-16)17(8)13(18)19/h5,8-9H,3-4,6-7H2,1-2H3,(H,18,19). The molecule has 2 saturated heterocycles. The first-order chi connectivity index (χ1) is 10.1. The van der Waals surface area contributed by atoms with E-state index in [0.29, 0.717) is 30.8 Å². The molecule has 1 N–H and O–H groups in total. The van der Waals surface area contributed by atoms with Crippen molar-refractivity contribution in [2.45, 2.75) is 24.9 Å². The number of nitrogens with zero attached hydrogens (tertiary/aromatic N) is 4. The Labute approximate surface area is 122 Å². The predicted octanol–water partition coefficient (Wildman–Crippen LogP) is 0.825. The number of anilines is 1. The SMILES string of the molecule is COc1cc(OC)nc(N2CC3CCC(C2)N3C(=O)O)n1. The van der Waals surface area contributed by atoms with Crippen LogP contribution in [0.25, 0.3) is 0 Å². The molecule has 2 fully saturated rings. The van der Waals surface area contributed by atoms with Gasteiger partial charge in [-0.1, -0.05) is 0 Å². The van der Waals surface area contributed by atoms with Crippen molar-refractivity contribution in [2.75, 3.05) is 32.2 Å². The second-order valence-electron chi connectivity index (χ2n) is 5.23. The Morgan fingerprint density at radius 1 is 1.19 bits per heavy atom. The van der Waals surface area contributed by atoms with E-state index in [-0.39, 0.29) is 12.1 Å². The fourth-order valence-corrected chi connectivity index (χ4v) is 3.12. The van der Waals surface area contributed by atoms with Crippen LogP contribution in [0.3, 0.4) is 0 Å². The lowest BCUT2D eigenvalue weighted by Crippen LogP contribution is -2.55. The van der Waals surface area contributed by atoms with Gasteiger partial charge in [0.05, 0.1) is 32.4 Å². The lowest BCUT2D eigenvalue weighted by atomic mass is 10.2. The molecule has 21 heavy (non-hydrogen) atoms. The third kappa shape index (κ3) is 2.41. The van der Waals surface area contributed by atoms with Gasteiger partial charge in [0.25, 0.3) is 0 Å². The zero-order chi connectivity index (χ0) is 15.0. The fourth-order valence-electron chi connectivity index (χ4n) is 3.12. The Morgan fingerprint density at radius 3 is 2.14 bits per heavy atom. The highest BCUT2D eigenvalue weighted by molar-refractivity contribution is 5.67. The second-order valence-corrected chi connectivity index (χ2v) is 5.23. The fraction of sp³-hybridized carbons (Fsp3) is 0.615. The largest absolute Gasteiger partial charge is 0.481 e. The van der Waals surface area contributed by atoms with E-state index in [1.165, 1.54) is 14.2 Å². The van der Waals surface area contributed by atoms with E-state index in [1.807, 2.05) is 4.90 Å². The van der Waals surface area contributed by atoms with Gasteiger partial charge in [-0.15, -0.1) is 0 Å². The molecule has 8 nitrogen and oxygen atoms in total. The van der Waals surface area contributed by atoms with E-state index >= 15 is 0 Å². The topological polar surface area (TPSA) is 88.0 Å². The zero-order valence-corrected chi connectivity index (χ0v) is 12.0. The predicted molar refractivity (Wildman–Crippen MR) is 74.0 cm³/mol. The summed E-state index contributed by atoms with van der Waals surface area (Å²) in [5, 5.41) is 9.28.